The molecular weight excluding hydrogens is 472 g/mol. The largest absolute Gasteiger partial charge is 0.492 e. The van der Waals surface area contributed by atoms with Crippen LogP contribution >= 0.6 is 11.3 Å². The van der Waals surface area contributed by atoms with Crippen molar-refractivity contribution in [3.63, 3.8) is 0 Å². The molecule has 9 heteroatoms. The number of aryl methyl sites for hydroxylation is 1. The van der Waals surface area contributed by atoms with Crippen molar-refractivity contribution in [2.75, 3.05) is 12.3 Å². The summed E-state index contributed by atoms with van der Waals surface area (Å²) in [6.07, 6.45) is 9.98. The van der Waals surface area contributed by atoms with Crippen LogP contribution in [0.15, 0.2) is 59.8 Å². The minimum Gasteiger partial charge on any atom is -0.492 e. The quantitative estimate of drug-likeness (QED) is 0.152. The van der Waals surface area contributed by atoms with Gasteiger partial charge in [-0.1, -0.05) is 67.9 Å². The predicted octanol–water partition coefficient (Wildman–Crippen LogP) is 4.97. The lowest BCUT2D eigenvalue weighted by Gasteiger charge is -2.09. The van der Waals surface area contributed by atoms with Crippen molar-refractivity contribution < 1.29 is 9.53 Å². The number of nitrogens with one attached hydrogen (secondary N) is 1. The fourth-order valence-electron chi connectivity index (χ4n) is 4.02. The van der Waals surface area contributed by atoms with Gasteiger partial charge >= 0.3 is 0 Å². The van der Waals surface area contributed by atoms with Crippen molar-refractivity contribution in [3.05, 3.63) is 70.9 Å². The molecule has 0 aliphatic rings. The number of fused-ring (bicyclic) bond motifs is 1. The van der Waals surface area contributed by atoms with Gasteiger partial charge < -0.3 is 15.0 Å². The zero-order valence-corrected chi connectivity index (χ0v) is 21.3. The summed E-state index contributed by atoms with van der Waals surface area (Å²) in [7, 11) is 0. The van der Waals surface area contributed by atoms with E-state index in [1.807, 2.05) is 24.4 Å². The first kappa shape index (κ1) is 25.4. The van der Waals surface area contributed by atoms with Gasteiger partial charge in [0.1, 0.15) is 17.4 Å². The Kier molecular flexibility index (Phi) is 9.04. The van der Waals surface area contributed by atoms with E-state index < -0.39 is 0 Å². The van der Waals surface area contributed by atoms with E-state index in [4.69, 9.17) is 10.5 Å². The highest BCUT2D eigenvalue weighted by Crippen LogP contribution is 2.21. The van der Waals surface area contributed by atoms with Crippen LogP contribution in [0.25, 0.3) is 10.9 Å². The lowest BCUT2D eigenvalue weighted by atomic mass is 10.1. The van der Waals surface area contributed by atoms with Crippen LogP contribution in [0.1, 0.15) is 48.7 Å². The minimum atomic E-state index is -0.272. The van der Waals surface area contributed by atoms with Gasteiger partial charge in [0.25, 0.3) is 0 Å². The Bertz CT molecular complexity index is 1300. The summed E-state index contributed by atoms with van der Waals surface area (Å²) >= 11 is 1.19. The summed E-state index contributed by atoms with van der Waals surface area (Å²) in [5, 5.41) is 13.6. The van der Waals surface area contributed by atoms with Gasteiger partial charge in [0.05, 0.1) is 19.2 Å². The summed E-state index contributed by atoms with van der Waals surface area (Å²) < 4.78 is 8.15. The van der Waals surface area contributed by atoms with Gasteiger partial charge in [0.15, 0.2) is 0 Å². The van der Waals surface area contributed by atoms with E-state index >= 15 is 0 Å². The van der Waals surface area contributed by atoms with Gasteiger partial charge in [-0.05, 0) is 36.6 Å². The second kappa shape index (κ2) is 12.8. The number of carbonyl (C=O) groups excluding carboxylic acids is 1. The third kappa shape index (κ3) is 7.14. The van der Waals surface area contributed by atoms with E-state index in [0.717, 1.165) is 28.6 Å². The lowest BCUT2D eigenvalue weighted by molar-refractivity contribution is -0.120. The highest BCUT2D eigenvalue weighted by molar-refractivity contribution is 7.15. The molecule has 0 saturated heterocycles. The average Bonchev–Trinajstić information content (AvgIpc) is 3.46. The number of aromatic nitrogens is 3. The van der Waals surface area contributed by atoms with Crippen molar-refractivity contribution in [2.45, 2.75) is 52.0 Å². The van der Waals surface area contributed by atoms with E-state index in [0.29, 0.717) is 23.3 Å². The summed E-state index contributed by atoms with van der Waals surface area (Å²) in [4.78, 5) is 12.1. The SMILES string of the molecule is CCCCCCc1ccc(OCCn2cc(C=NNC(=O)Cc3nnc(N)s3)c3ccccc32)cc1. The number of hydrogen-bond acceptors (Lipinski definition) is 7. The molecule has 188 valence electrons. The first-order valence-corrected chi connectivity index (χ1v) is 13.1. The molecule has 36 heavy (non-hydrogen) atoms. The van der Waals surface area contributed by atoms with Gasteiger partial charge in [0, 0.05) is 22.7 Å². The van der Waals surface area contributed by atoms with Crippen molar-refractivity contribution in [1.29, 1.82) is 0 Å². The molecule has 4 rings (SSSR count). The highest BCUT2D eigenvalue weighted by atomic mass is 32.1. The molecule has 2 aromatic carbocycles. The van der Waals surface area contributed by atoms with Crippen LogP contribution in [0.5, 0.6) is 5.75 Å². The van der Waals surface area contributed by atoms with Crippen LogP contribution in [-0.2, 0) is 24.2 Å². The lowest BCUT2D eigenvalue weighted by Crippen LogP contribution is -2.19. The molecule has 0 fully saturated rings. The maximum atomic E-state index is 12.1. The molecule has 2 heterocycles. The molecule has 0 radical (unpaired) electrons. The number of amides is 1. The number of nitrogen functional groups attached to an aromatic ring is 1. The number of unbranched alkanes of at least 4 members (excludes halogenated alkanes) is 3. The normalized spacial score (nSPS) is 11.4. The van der Waals surface area contributed by atoms with Crippen molar-refractivity contribution in [1.82, 2.24) is 20.2 Å². The van der Waals surface area contributed by atoms with Crippen LogP contribution < -0.4 is 15.9 Å². The Hall–Kier alpha value is -3.72. The maximum absolute atomic E-state index is 12.1. The van der Waals surface area contributed by atoms with Crippen LogP contribution in [0, 0.1) is 0 Å². The van der Waals surface area contributed by atoms with Gasteiger partial charge in [-0.3, -0.25) is 4.79 Å². The summed E-state index contributed by atoms with van der Waals surface area (Å²) in [5.74, 6) is 0.608. The topological polar surface area (TPSA) is 107 Å². The number of nitrogens with zero attached hydrogens (tertiary/aromatic N) is 4. The second-order valence-corrected chi connectivity index (χ2v) is 9.70. The minimum absolute atomic E-state index is 0.0884. The second-order valence-electron chi connectivity index (χ2n) is 8.60. The van der Waals surface area contributed by atoms with Crippen LogP contribution in [0.2, 0.25) is 0 Å². The highest BCUT2D eigenvalue weighted by Gasteiger charge is 2.09. The molecule has 1 amide bonds. The smallest absolute Gasteiger partial charge is 0.247 e. The Labute approximate surface area is 215 Å². The number of carbonyl (C=O) groups is 1. The van der Waals surface area contributed by atoms with Crippen LogP contribution in [0.4, 0.5) is 5.13 Å². The Morgan fingerprint density at radius 2 is 1.97 bits per heavy atom. The van der Waals surface area contributed by atoms with Gasteiger partial charge in [-0.25, -0.2) is 5.43 Å². The maximum Gasteiger partial charge on any atom is 0.247 e. The van der Waals surface area contributed by atoms with Crippen LogP contribution in [0.3, 0.4) is 0 Å². The molecule has 0 saturated carbocycles. The number of rotatable bonds is 13. The Balaban J connectivity index is 1.31. The molecule has 0 aliphatic carbocycles. The summed E-state index contributed by atoms with van der Waals surface area (Å²) in [5.41, 5.74) is 11.5. The third-order valence-electron chi connectivity index (χ3n) is 5.85. The molecular formula is C27H32N6O2S. The van der Waals surface area contributed by atoms with Crippen molar-refractivity contribution in [3.8, 4) is 5.75 Å². The molecule has 0 spiro atoms. The molecule has 0 atom stereocenters. The zero-order chi connectivity index (χ0) is 25.2. The Morgan fingerprint density at radius 3 is 2.75 bits per heavy atom. The summed E-state index contributed by atoms with van der Waals surface area (Å²) in [6.45, 7) is 3.48. The van der Waals surface area contributed by atoms with Gasteiger partial charge in [0.2, 0.25) is 11.0 Å². The first-order valence-electron chi connectivity index (χ1n) is 12.3. The number of ether oxygens (including phenoxy) is 1. The van der Waals surface area contributed by atoms with E-state index in [1.54, 1.807) is 6.21 Å². The van der Waals surface area contributed by atoms with Crippen molar-refractivity contribution >= 4 is 39.5 Å². The number of anilines is 1. The number of nitrogens with two attached hydrogens (primary N) is 1. The van der Waals surface area contributed by atoms with E-state index in [2.05, 4.69) is 62.5 Å². The molecule has 3 N–H and O–H groups in total. The molecule has 0 aliphatic heterocycles. The molecule has 4 aromatic rings. The monoisotopic (exact) mass is 504 g/mol. The van der Waals surface area contributed by atoms with Gasteiger partial charge in [-0.15, -0.1) is 10.2 Å². The number of benzene rings is 2. The number of para-hydroxylation sites is 1. The third-order valence-corrected chi connectivity index (χ3v) is 6.60. The van der Waals surface area contributed by atoms with Crippen molar-refractivity contribution in [2.24, 2.45) is 5.10 Å². The fourth-order valence-corrected chi connectivity index (χ4v) is 4.63. The molecule has 2 aromatic heterocycles. The van der Waals surface area contributed by atoms with E-state index in [1.165, 1.54) is 42.6 Å². The van der Waals surface area contributed by atoms with E-state index in [9.17, 15) is 4.79 Å². The molecule has 0 unspecified atom stereocenters. The van der Waals surface area contributed by atoms with E-state index in [-0.39, 0.29) is 12.3 Å². The standard InChI is InChI=1S/C27H32N6O2S/c1-2-3-4-5-8-20-11-13-22(14-12-20)35-16-15-33-19-21(23-9-6-7-10-24(23)33)18-29-30-25(34)17-26-31-32-27(28)36-26/h6-7,9-14,18-19H,2-5,8,15-17H2,1H3,(H2,28,32)(H,30,34). The first-order chi connectivity index (χ1) is 17.6. The van der Waals surface area contributed by atoms with Crippen LogP contribution in [-0.4, -0.2) is 33.5 Å². The fraction of sp³-hybridized carbons (Fsp3) is 0.333. The number of hydrazone groups is 1. The Morgan fingerprint density at radius 1 is 1.14 bits per heavy atom. The van der Waals surface area contributed by atoms with Gasteiger partial charge in [-0.2, -0.15) is 5.10 Å². The average molecular weight is 505 g/mol. The zero-order valence-electron chi connectivity index (χ0n) is 20.5. The molecule has 0 bridgehead atoms. The summed E-state index contributed by atoms with van der Waals surface area (Å²) in [6, 6.07) is 16.5. The predicted molar refractivity (Wildman–Crippen MR) is 145 cm³/mol. The number of hydrogen-bond donors (Lipinski definition) is 2. The molecule has 8 nitrogen and oxygen atoms in total.